The van der Waals surface area contributed by atoms with E-state index < -0.39 is 18.5 Å². The number of alkyl halides is 2. The molecule has 0 saturated carbocycles. The number of nitrogens with one attached hydrogen (secondary N) is 1. The minimum absolute atomic E-state index is 0.102. The Morgan fingerprint density at radius 3 is 2.94 bits per heavy atom. The number of nitrogens with zero attached hydrogens (tertiary/aromatic N) is 2. The van der Waals surface area contributed by atoms with Crippen LogP contribution in [0.4, 0.5) is 14.5 Å². The van der Waals surface area contributed by atoms with Gasteiger partial charge in [0.05, 0.1) is 31.6 Å². The molecule has 0 aromatic carbocycles. The predicted molar refractivity (Wildman–Crippen MR) is 59.9 cm³/mol. The lowest BCUT2D eigenvalue weighted by atomic mass is 10.4. The number of rotatable bonds is 6. The van der Waals surface area contributed by atoms with E-state index in [1.54, 1.807) is 0 Å². The van der Waals surface area contributed by atoms with Crippen LogP contribution in [-0.2, 0) is 11.3 Å². The fraction of sp³-hybridized carbons (Fsp3) is 0.556. The fourth-order valence-electron chi connectivity index (χ4n) is 1.11. The first-order valence-corrected chi connectivity index (χ1v) is 5.20. The molecular weight excluding hydrogens is 256 g/mol. The Bertz CT molecular complexity index is 425. The molecule has 5 nitrogen and oxygen atoms in total. The van der Waals surface area contributed by atoms with Gasteiger partial charge < -0.3 is 10.1 Å². The van der Waals surface area contributed by atoms with E-state index in [-0.39, 0.29) is 17.3 Å². The topological polar surface area (TPSA) is 56.1 Å². The standard InChI is InChI=1S/C9H12ClF2N3O2/c1-17-3-2-15-9(16)8(10)6(4-14-15)13-5-7(11)12/h4,7,13H,2-3,5H2,1H3. The van der Waals surface area contributed by atoms with Gasteiger partial charge in [-0.1, -0.05) is 11.6 Å². The number of hydrogen-bond acceptors (Lipinski definition) is 4. The molecule has 96 valence electrons. The summed E-state index contributed by atoms with van der Waals surface area (Å²) < 4.78 is 29.8. The van der Waals surface area contributed by atoms with Gasteiger partial charge in [-0.3, -0.25) is 4.79 Å². The van der Waals surface area contributed by atoms with Gasteiger partial charge in [0.2, 0.25) is 0 Å². The number of hydrogen-bond donors (Lipinski definition) is 1. The summed E-state index contributed by atoms with van der Waals surface area (Å²) in [6.07, 6.45) is -1.29. The van der Waals surface area contributed by atoms with Gasteiger partial charge in [0.25, 0.3) is 12.0 Å². The quantitative estimate of drug-likeness (QED) is 0.842. The van der Waals surface area contributed by atoms with Gasteiger partial charge in [0, 0.05) is 7.11 Å². The third-order valence-corrected chi connectivity index (χ3v) is 2.30. The van der Waals surface area contributed by atoms with Gasteiger partial charge in [0.15, 0.2) is 0 Å². The Balaban J connectivity index is 2.83. The fourth-order valence-corrected chi connectivity index (χ4v) is 1.33. The molecule has 0 amide bonds. The van der Waals surface area contributed by atoms with Crippen LogP contribution in [0.1, 0.15) is 0 Å². The van der Waals surface area contributed by atoms with Crippen LogP contribution < -0.4 is 10.9 Å². The number of methoxy groups -OCH3 is 1. The van der Waals surface area contributed by atoms with Crippen molar-refractivity contribution in [3.63, 3.8) is 0 Å². The van der Waals surface area contributed by atoms with Crippen molar-refractivity contribution in [1.82, 2.24) is 9.78 Å². The molecule has 1 aromatic rings. The van der Waals surface area contributed by atoms with Crippen LogP contribution in [0.25, 0.3) is 0 Å². The van der Waals surface area contributed by atoms with Gasteiger partial charge in [-0.05, 0) is 0 Å². The molecule has 0 aliphatic heterocycles. The minimum Gasteiger partial charge on any atom is -0.383 e. The van der Waals surface area contributed by atoms with Crippen molar-refractivity contribution in [2.24, 2.45) is 0 Å². The first kappa shape index (κ1) is 13.9. The van der Waals surface area contributed by atoms with Crippen molar-refractivity contribution >= 4 is 17.3 Å². The highest BCUT2D eigenvalue weighted by Crippen LogP contribution is 2.15. The normalized spacial score (nSPS) is 10.9. The molecule has 1 N–H and O–H groups in total. The van der Waals surface area contributed by atoms with E-state index in [0.717, 1.165) is 4.68 Å². The van der Waals surface area contributed by atoms with Crippen LogP contribution in [-0.4, -0.2) is 36.5 Å². The third kappa shape index (κ3) is 3.94. The summed E-state index contributed by atoms with van der Waals surface area (Å²) in [5.74, 6) is 0. The van der Waals surface area contributed by atoms with E-state index in [4.69, 9.17) is 16.3 Å². The SMILES string of the molecule is COCCn1ncc(NCC(F)F)c(Cl)c1=O. The Hall–Kier alpha value is -1.21. The van der Waals surface area contributed by atoms with E-state index in [1.807, 2.05) is 0 Å². The molecule has 0 aliphatic carbocycles. The van der Waals surface area contributed by atoms with E-state index in [1.165, 1.54) is 13.3 Å². The zero-order valence-corrected chi connectivity index (χ0v) is 9.88. The number of anilines is 1. The molecule has 1 aromatic heterocycles. The third-order valence-electron chi connectivity index (χ3n) is 1.94. The van der Waals surface area contributed by atoms with E-state index >= 15 is 0 Å². The largest absolute Gasteiger partial charge is 0.383 e. The predicted octanol–water partition coefficient (Wildman–Crippen LogP) is 1.22. The average molecular weight is 268 g/mol. The highest BCUT2D eigenvalue weighted by molar-refractivity contribution is 6.32. The molecule has 0 saturated heterocycles. The number of aromatic nitrogens is 2. The second kappa shape index (κ2) is 6.51. The maximum atomic E-state index is 12.0. The van der Waals surface area contributed by atoms with Gasteiger partial charge in [-0.2, -0.15) is 5.10 Å². The number of ether oxygens (including phenoxy) is 1. The van der Waals surface area contributed by atoms with Crippen LogP contribution in [0.15, 0.2) is 11.0 Å². The second-order valence-electron chi connectivity index (χ2n) is 3.17. The molecule has 0 atom stereocenters. The first-order chi connectivity index (χ1) is 8.06. The van der Waals surface area contributed by atoms with Crippen molar-refractivity contribution in [1.29, 1.82) is 0 Å². The summed E-state index contributed by atoms with van der Waals surface area (Å²) >= 11 is 5.74. The van der Waals surface area contributed by atoms with Gasteiger partial charge in [-0.25, -0.2) is 13.5 Å². The summed E-state index contributed by atoms with van der Waals surface area (Å²) in [5.41, 5.74) is -0.436. The van der Waals surface area contributed by atoms with E-state index in [9.17, 15) is 13.6 Å². The highest BCUT2D eigenvalue weighted by Gasteiger charge is 2.10. The van der Waals surface area contributed by atoms with Gasteiger partial charge in [0.1, 0.15) is 5.02 Å². The van der Waals surface area contributed by atoms with Crippen LogP contribution in [0.2, 0.25) is 5.02 Å². The van der Waals surface area contributed by atoms with Crippen molar-refractivity contribution in [2.75, 3.05) is 25.6 Å². The number of halogens is 3. The summed E-state index contributed by atoms with van der Waals surface area (Å²) in [6, 6.07) is 0. The lowest BCUT2D eigenvalue weighted by molar-refractivity contribution is 0.163. The molecule has 0 bridgehead atoms. The van der Waals surface area contributed by atoms with Crippen LogP contribution in [0, 0.1) is 0 Å². The highest BCUT2D eigenvalue weighted by atomic mass is 35.5. The summed E-state index contributed by atoms with van der Waals surface area (Å²) in [6.45, 7) is -0.0137. The lowest BCUT2D eigenvalue weighted by Gasteiger charge is -2.09. The summed E-state index contributed by atoms with van der Waals surface area (Å²) in [5, 5.41) is 5.98. The lowest BCUT2D eigenvalue weighted by Crippen LogP contribution is -2.26. The van der Waals surface area contributed by atoms with E-state index in [0.29, 0.717) is 6.61 Å². The Morgan fingerprint density at radius 2 is 2.35 bits per heavy atom. The Kier molecular flexibility index (Phi) is 5.30. The smallest absolute Gasteiger partial charge is 0.287 e. The van der Waals surface area contributed by atoms with Crippen LogP contribution in [0.5, 0.6) is 0 Å². The Labute approximate surface area is 101 Å². The zero-order chi connectivity index (χ0) is 12.8. The summed E-state index contributed by atoms with van der Waals surface area (Å²) in [7, 11) is 1.49. The summed E-state index contributed by atoms with van der Waals surface area (Å²) in [4.78, 5) is 11.6. The van der Waals surface area contributed by atoms with Crippen molar-refractivity contribution in [3.8, 4) is 0 Å². The molecule has 1 heterocycles. The molecule has 17 heavy (non-hydrogen) atoms. The molecule has 0 spiro atoms. The van der Waals surface area contributed by atoms with Gasteiger partial charge >= 0.3 is 0 Å². The van der Waals surface area contributed by atoms with Crippen molar-refractivity contribution in [3.05, 3.63) is 21.6 Å². The first-order valence-electron chi connectivity index (χ1n) is 4.82. The molecule has 1 rings (SSSR count). The second-order valence-corrected chi connectivity index (χ2v) is 3.54. The van der Waals surface area contributed by atoms with Gasteiger partial charge in [-0.15, -0.1) is 0 Å². The van der Waals surface area contributed by atoms with E-state index in [2.05, 4.69) is 10.4 Å². The van der Waals surface area contributed by atoms with Crippen LogP contribution >= 0.6 is 11.6 Å². The molecule has 0 aliphatic rings. The molecule has 8 heteroatoms. The zero-order valence-electron chi connectivity index (χ0n) is 9.12. The molecular formula is C9H12ClF2N3O2. The maximum Gasteiger partial charge on any atom is 0.287 e. The maximum absolute atomic E-state index is 12.0. The average Bonchev–Trinajstić information content (AvgIpc) is 2.29. The molecule has 0 radical (unpaired) electrons. The van der Waals surface area contributed by atoms with Crippen LogP contribution in [0.3, 0.4) is 0 Å². The minimum atomic E-state index is -2.53. The monoisotopic (exact) mass is 267 g/mol. The van der Waals surface area contributed by atoms with Crippen molar-refractivity contribution in [2.45, 2.75) is 13.0 Å². The van der Waals surface area contributed by atoms with Crippen molar-refractivity contribution < 1.29 is 13.5 Å². The molecule has 0 fully saturated rings. The Morgan fingerprint density at radius 1 is 1.65 bits per heavy atom. The molecule has 0 unspecified atom stereocenters.